The van der Waals surface area contributed by atoms with Crippen LogP contribution in [-0.4, -0.2) is 47.9 Å². The van der Waals surface area contributed by atoms with Gasteiger partial charge in [0.1, 0.15) is 0 Å². The van der Waals surface area contributed by atoms with Crippen molar-refractivity contribution in [2.75, 3.05) is 31.5 Å². The van der Waals surface area contributed by atoms with E-state index in [-0.39, 0.29) is 17.9 Å². The molecule has 1 aromatic carbocycles. The van der Waals surface area contributed by atoms with Gasteiger partial charge in [-0.3, -0.25) is 4.79 Å². The minimum absolute atomic E-state index is 0.0721. The molecule has 0 bridgehead atoms. The Labute approximate surface area is 155 Å². The number of benzene rings is 1. The first-order valence-electron chi connectivity index (χ1n) is 10.2. The van der Waals surface area contributed by atoms with E-state index in [0.29, 0.717) is 6.54 Å². The van der Waals surface area contributed by atoms with Crippen molar-refractivity contribution in [3.8, 4) is 0 Å². The number of nitrogens with one attached hydrogen (secondary N) is 1. The Morgan fingerprint density at radius 2 is 1.69 bits per heavy atom. The minimum Gasteiger partial charge on any atom is -0.326 e. The van der Waals surface area contributed by atoms with Gasteiger partial charge < -0.3 is 15.1 Å². The van der Waals surface area contributed by atoms with Crippen molar-refractivity contribution in [1.82, 2.24) is 9.80 Å². The second kappa shape index (κ2) is 7.68. The van der Waals surface area contributed by atoms with Crippen LogP contribution < -0.4 is 5.32 Å². The number of nitrogens with zero attached hydrogens (tertiary/aromatic N) is 2. The first-order chi connectivity index (χ1) is 12.7. The van der Waals surface area contributed by atoms with Crippen LogP contribution in [0.1, 0.15) is 49.7 Å². The van der Waals surface area contributed by atoms with E-state index >= 15 is 0 Å². The molecular weight excluding hydrogens is 326 g/mol. The summed E-state index contributed by atoms with van der Waals surface area (Å²) in [5, 5.41) is 3.18. The average molecular weight is 355 g/mol. The number of urea groups is 1. The molecule has 1 aromatic rings. The Morgan fingerprint density at radius 3 is 2.54 bits per heavy atom. The summed E-state index contributed by atoms with van der Waals surface area (Å²) < 4.78 is 0. The van der Waals surface area contributed by atoms with Gasteiger partial charge in [0, 0.05) is 31.9 Å². The highest BCUT2D eigenvalue weighted by atomic mass is 16.2. The quantitative estimate of drug-likeness (QED) is 0.884. The number of anilines is 1. The molecule has 3 amide bonds. The Kier molecular flexibility index (Phi) is 5.14. The smallest absolute Gasteiger partial charge is 0.320 e. The lowest BCUT2D eigenvalue weighted by atomic mass is 9.90. The van der Waals surface area contributed by atoms with Crippen LogP contribution in [-0.2, 0) is 17.6 Å². The Hall–Kier alpha value is -2.04. The summed E-state index contributed by atoms with van der Waals surface area (Å²) in [6.07, 6.45) is 8.57. The van der Waals surface area contributed by atoms with E-state index in [2.05, 4.69) is 11.4 Å². The molecule has 2 fully saturated rings. The number of fused-ring (bicyclic) bond motifs is 1. The number of aryl methyl sites for hydroxylation is 1. The topological polar surface area (TPSA) is 52.7 Å². The Balaban J connectivity index is 1.41. The zero-order chi connectivity index (χ0) is 17.9. The molecule has 2 aliphatic heterocycles. The van der Waals surface area contributed by atoms with Gasteiger partial charge >= 0.3 is 6.03 Å². The van der Waals surface area contributed by atoms with Crippen LogP contribution in [0.3, 0.4) is 0 Å². The monoisotopic (exact) mass is 355 g/mol. The molecule has 5 nitrogen and oxygen atoms in total. The zero-order valence-electron chi connectivity index (χ0n) is 15.5. The Morgan fingerprint density at radius 1 is 0.923 bits per heavy atom. The molecule has 1 aliphatic carbocycles. The van der Waals surface area contributed by atoms with E-state index in [1.54, 1.807) is 0 Å². The van der Waals surface area contributed by atoms with Gasteiger partial charge in [-0.1, -0.05) is 12.1 Å². The normalized spacial score (nSPS) is 22.8. The molecule has 1 N–H and O–H groups in total. The van der Waals surface area contributed by atoms with Gasteiger partial charge in [-0.2, -0.15) is 0 Å². The van der Waals surface area contributed by atoms with Crippen LogP contribution in [0.2, 0.25) is 0 Å². The second-order valence-electron chi connectivity index (χ2n) is 7.90. The van der Waals surface area contributed by atoms with Gasteiger partial charge in [0.25, 0.3) is 0 Å². The fourth-order valence-electron chi connectivity index (χ4n) is 4.61. The average Bonchev–Trinajstić information content (AvgIpc) is 3.22. The van der Waals surface area contributed by atoms with Crippen molar-refractivity contribution in [3.05, 3.63) is 29.3 Å². The van der Waals surface area contributed by atoms with E-state index in [4.69, 9.17) is 0 Å². The third kappa shape index (κ3) is 3.57. The third-order valence-electron chi connectivity index (χ3n) is 6.09. The molecule has 140 valence electrons. The molecule has 2 saturated heterocycles. The van der Waals surface area contributed by atoms with E-state index in [1.165, 1.54) is 24.0 Å². The molecule has 1 atom stereocenters. The summed E-state index contributed by atoms with van der Waals surface area (Å²) in [4.78, 5) is 29.3. The maximum Gasteiger partial charge on any atom is 0.320 e. The lowest BCUT2D eigenvalue weighted by Gasteiger charge is -2.34. The fraction of sp³-hybridized carbons (Fsp3) is 0.619. The van der Waals surface area contributed by atoms with E-state index in [1.807, 2.05) is 21.9 Å². The summed E-state index contributed by atoms with van der Waals surface area (Å²) in [5.74, 6) is -0.0300. The van der Waals surface area contributed by atoms with Crippen LogP contribution in [0.25, 0.3) is 0 Å². The Bertz CT molecular complexity index is 682. The summed E-state index contributed by atoms with van der Waals surface area (Å²) in [6, 6.07) is 6.38. The number of carbonyl (C=O) groups is 2. The standard InChI is InChI=1S/C21H29N3O2/c25-20(22-19-11-5-8-16-7-1-2-10-18(16)19)17-9-6-14-24(15-17)21(26)23-12-3-4-13-23/h5,8,11,17H,1-4,6-7,9-10,12-15H2,(H,22,25)/t17-/m1/s1. The van der Waals surface area contributed by atoms with Crippen molar-refractivity contribution >= 4 is 17.6 Å². The molecule has 2 heterocycles. The largest absolute Gasteiger partial charge is 0.326 e. The number of amides is 3. The van der Waals surface area contributed by atoms with Crippen LogP contribution in [0.4, 0.5) is 10.5 Å². The highest BCUT2D eigenvalue weighted by Gasteiger charge is 2.31. The molecule has 0 radical (unpaired) electrons. The van der Waals surface area contributed by atoms with Gasteiger partial charge in [0.2, 0.25) is 5.91 Å². The van der Waals surface area contributed by atoms with Crippen molar-refractivity contribution in [2.45, 2.75) is 51.4 Å². The molecule has 4 rings (SSSR count). The predicted octanol–water partition coefficient (Wildman–Crippen LogP) is 3.43. The van der Waals surface area contributed by atoms with Gasteiger partial charge in [-0.05, 0) is 68.6 Å². The molecule has 0 saturated carbocycles. The number of piperidine rings is 1. The fourth-order valence-corrected chi connectivity index (χ4v) is 4.61. The van der Waals surface area contributed by atoms with Gasteiger partial charge in [0.15, 0.2) is 0 Å². The number of likely N-dealkylation sites (tertiary alicyclic amines) is 2. The number of carbonyl (C=O) groups excluding carboxylic acids is 2. The summed E-state index contributed by atoms with van der Waals surface area (Å²) in [6.45, 7) is 3.06. The summed E-state index contributed by atoms with van der Waals surface area (Å²) in [5.41, 5.74) is 3.67. The minimum atomic E-state index is -0.102. The van der Waals surface area contributed by atoms with Crippen LogP contribution in [0.5, 0.6) is 0 Å². The van der Waals surface area contributed by atoms with Crippen LogP contribution >= 0.6 is 0 Å². The predicted molar refractivity (Wildman–Crippen MR) is 102 cm³/mol. The first kappa shape index (κ1) is 17.4. The van der Waals surface area contributed by atoms with Gasteiger partial charge in [-0.15, -0.1) is 0 Å². The van der Waals surface area contributed by atoms with Crippen molar-refractivity contribution < 1.29 is 9.59 Å². The summed E-state index contributed by atoms with van der Waals surface area (Å²) >= 11 is 0. The zero-order valence-corrected chi connectivity index (χ0v) is 15.5. The lowest BCUT2D eigenvalue weighted by molar-refractivity contribution is -0.121. The third-order valence-corrected chi connectivity index (χ3v) is 6.09. The first-order valence-corrected chi connectivity index (χ1v) is 10.2. The highest BCUT2D eigenvalue weighted by molar-refractivity contribution is 5.94. The molecule has 0 aromatic heterocycles. The van der Waals surface area contributed by atoms with E-state index in [0.717, 1.165) is 63.8 Å². The number of rotatable bonds is 2. The molecule has 26 heavy (non-hydrogen) atoms. The highest BCUT2D eigenvalue weighted by Crippen LogP contribution is 2.29. The van der Waals surface area contributed by atoms with Crippen LogP contribution in [0.15, 0.2) is 18.2 Å². The van der Waals surface area contributed by atoms with Gasteiger partial charge in [0.05, 0.1) is 5.92 Å². The summed E-state index contributed by atoms with van der Waals surface area (Å²) in [7, 11) is 0. The van der Waals surface area contributed by atoms with Crippen molar-refractivity contribution in [3.63, 3.8) is 0 Å². The molecular formula is C21H29N3O2. The SMILES string of the molecule is O=C(Nc1cccc2c1CCCC2)[C@@H]1CCCN(C(=O)N2CCCC2)C1. The second-order valence-corrected chi connectivity index (χ2v) is 7.90. The number of hydrogen-bond acceptors (Lipinski definition) is 2. The van der Waals surface area contributed by atoms with E-state index in [9.17, 15) is 9.59 Å². The van der Waals surface area contributed by atoms with Crippen molar-refractivity contribution in [1.29, 1.82) is 0 Å². The van der Waals surface area contributed by atoms with Crippen LogP contribution in [0, 0.1) is 5.92 Å². The molecule has 0 unspecified atom stereocenters. The maximum absolute atomic E-state index is 12.9. The van der Waals surface area contributed by atoms with Gasteiger partial charge in [-0.25, -0.2) is 4.79 Å². The maximum atomic E-state index is 12.9. The lowest BCUT2D eigenvalue weighted by Crippen LogP contribution is -2.48. The van der Waals surface area contributed by atoms with E-state index < -0.39 is 0 Å². The molecule has 5 heteroatoms. The molecule has 0 spiro atoms. The molecule has 3 aliphatic rings. The van der Waals surface area contributed by atoms with Crippen molar-refractivity contribution in [2.24, 2.45) is 5.92 Å². The number of hydrogen-bond donors (Lipinski definition) is 1.